The monoisotopic (exact) mass is 652 g/mol. The molecule has 2 atom stereocenters. The van der Waals surface area contributed by atoms with Gasteiger partial charge < -0.3 is 14.4 Å². The first-order chi connectivity index (χ1) is 22.0. The molecule has 5 rings (SSSR count). The SMILES string of the molecule is COc1ccc(C(C)C)c(N2CCCS/C2=N\CNC(C)C(C)c2ccc(-c3ncn(-c4ccc(OC(F)(F)F)cc4)n3)cc2)c1. The molecule has 1 fully saturated rings. The number of halogens is 3. The highest BCUT2D eigenvalue weighted by atomic mass is 32.2. The molecule has 2 heterocycles. The van der Waals surface area contributed by atoms with Gasteiger partial charge in [0, 0.05) is 35.7 Å². The lowest BCUT2D eigenvalue weighted by Gasteiger charge is -2.32. The Balaban J connectivity index is 1.20. The summed E-state index contributed by atoms with van der Waals surface area (Å²) in [5.41, 5.74) is 5.02. The van der Waals surface area contributed by atoms with Crippen LogP contribution in [-0.4, -0.2) is 58.4 Å². The number of nitrogens with one attached hydrogen (secondary N) is 1. The van der Waals surface area contributed by atoms with Crippen molar-refractivity contribution in [3.05, 3.63) is 84.2 Å². The fourth-order valence-electron chi connectivity index (χ4n) is 5.27. The smallest absolute Gasteiger partial charge is 0.497 e. The van der Waals surface area contributed by atoms with Crippen LogP contribution in [0.4, 0.5) is 18.9 Å². The van der Waals surface area contributed by atoms with Crippen molar-refractivity contribution in [3.63, 3.8) is 0 Å². The number of aromatic nitrogens is 3. The minimum absolute atomic E-state index is 0.168. The Labute approximate surface area is 272 Å². The molecule has 4 aromatic rings. The summed E-state index contributed by atoms with van der Waals surface area (Å²) in [5, 5.41) is 9.12. The minimum atomic E-state index is -4.74. The van der Waals surface area contributed by atoms with Gasteiger partial charge in [-0.15, -0.1) is 18.3 Å². The molecule has 0 spiro atoms. The van der Waals surface area contributed by atoms with Crippen molar-refractivity contribution in [1.29, 1.82) is 0 Å². The summed E-state index contributed by atoms with van der Waals surface area (Å²) in [7, 11) is 1.70. The van der Waals surface area contributed by atoms with E-state index in [1.165, 1.54) is 46.4 Å². The summed E-state index contributed by atoms with van der Waals surface area (Å²) in [6.45, 7) is 10.2. The molecule has 1 aliphatic heterocycles. The molecule has 1 aliphatic rings. The van der Waals surface area contributed by atoms with Gasteiger partial charge in [0.15, 0.2) is 11.0 Å². The maximum Gasteiger partial charge on any atom is 0.573 e. The zero-order chi connectivity index (χ0) is 32.8. The van der Waals surface area contributed by atoms with Gasteiger partial charge in [0.2, 0.25) is 0 Å². The average Bonchev–Trinajstić information content (AvgIpc) is 3.54. The van der Waals surface area contributed by atoms with Gasteiger partial charge >= 0.3 is 6.36 Å². The predicted octanol–water partition coefficient (Wildman–Crippen LogP) is 8.00. The molecule has 0 saturated carbocycles. The van der Waals surface area contributed by atoms with Crippen molar-refractivity contribution in [1.82, 2.24) is 20.1 Å². The first kappa shape index (κ1) is 33.3. The van der Waals surface area contributed by atoms with Crippen molar-refractivity contribution < 1.29 is 22.6 Å². The van der Waals surface area contributed by atoms with Gasteiger partial charge in [-0.05, 0) is 66.6 Å². The predicted molar refractivity (Wildman–Crippen MR) is 178 cm³/mol. The molecule has 0 bridgehead atoms. The van der Waals surface area contributed by atoms with Gasteiger partial charge in [-0.1, -0.05) is 62.9 Å². The van der Waals surface area contributed by atoms with E-state index in [2.05, 4.69) is 77.0 Å². The lowest BCUT2D eigenvalue weighted by molar-refractivity contribution is -0.274. The van der Waals surface area contributed by atoms with Crippen molar-refractivity contribution in [3.8, 4) is 28.6 Å². The van der Waals surface area contributed by atoms with E-state index in [9.17, 15) is 13.2 Å². The van der Waals surface area contributed by atoms with Crippen LogP contribution in [0.25, 0.3) is 17.1 Å². The van der Waals surface area contributed by atoms with E-state index in [1.54, 1.807) is 18.9 Å². The van der Waals surface area contributed by atoms with E-state index in [0.717, 1.165) is 40.9 Å². The number of alkyl halides is 3. The van der Waals surface area contributed by atoms with Crippen LogP contribution in [0, 0.1) is 0 Å². The number of methoxy groups -OCH3 is 1. The molecular formula is C34H39F3N6O2S. The fraction of sp³-hybridized carbons (Fsp3) is 0.382. The van der Waals surface area contributed by atoms with Crippen LogP contribution in [0.15, 0.2) is 78.0 Å². The Kier molecular flexibility index (Phi) is 10.6. The highest BCUT2D eigenvalue weighted by molar-refractivity contribution is 8.14. The van der Waals surface area contributed by atoms with Crippen LogP contribution >= 0.6 is 11.8 Å². The van der Waals surface area contributed by atoms with Crippen LogP contribution in [-0.2, 0) is 0 Å². The molecule has 244 valence electrons. The van der Waals surface area contributed by atoms with Gasteiger partial charge in [0.25, 0.3) is 0 Å². The zero-order valence-electron chi connectivity index (χ0n) is 26.6. The second-order valence-electron chi connectivity index (χ2n) is 11.5. The standard InChI is InChI=1S/C34H39F3N6O2S/c1-22(2)30-16-15-29(44-5)19-31(30)42-17-6-18-46-33(42)39-20-38-24(4)23(3)25-7-9-26(10-8-25)32-40-21-43(41-32)27-11-13-28(14-12-27)45-34(35,36)37/h7-16,19,21-24,38H,6,17-18,20H2,1-5H3/b39-33-. The number of thioether (sulfide) groups is 1. The largest absolute Gasteiger partial charge is 0.573 e. The van der Waals surface area contributed by atoms with Crippen LogP contribution in [0.5, 0.6) is 11.5 Å². The minimum Gasteiger partial charge on any atom is -0.497 e. The molecule has 0 amide bonds. The number of anilines is 1. The third kappa shape index (κ3) is 8.21. The van der Waals surface area contributed by atoms with E-state index < -0.39 is 6.36 Å². The van der Waals surface area contributed by atoms with Crippen molar-refractivity contribution in [2.45, 2.75) is 58.4 Å². The topological polar surface area (TPSA) is 76.8 Å². The zero-order valence-corrected chi connectivity index (χ0v) is 27.4. The Morgan fingerprint density at radius 3 is 2.37 bits per heavy atom. The first-order valence-electron chi connectivity index (χ1n) is 15.3. The summed E-state index contributed by atoms with van der Waals surface area (Å²) in [5.74, 6) is 2.72. The molecule has 8 nitrogen and oxygen atoms in total. The highest BCUT2D eigenvalue weighted by Gasteiger charge is 2.31. The molecule has 46 heavy (non-hydrogen) atoms. The van der Waals surface area contributed by atoms with Gasteiger partial charge in [-0.25, -0.2) is 14.7 Å². The molecule has 1 saturated heterocycles. The van der Waals surface area contributed by atoms with Gasteiger partial charge in [0.05, 0.1) is 19.5 Å². The molecule has 3 aromatic carbocycles. The van der Waals surface area contributed by atoms with Crippen LogP contribution in [0.1, 0.15) is 57.1 Å². The van der Waals surface area contributed by atoms with E-state index in [4.69, 9.17) is 9.73 Å². The maximum absolute atomic E-state index is 12.5. The van der Waals surface area contributed by atoms with E-state index in [-0.39, 0.29) is 17.7 Å². The summed E-state index contributed by atoms with van der Waals surface area (Å²) >= 11 is 1.79. The lowest BCUT2D eigenvalue weighted by Crippen LogP contribution is -2.37. The first-order valence-corrected chi connectivity index (χ1v) is 16.2. The number of nitrogens with zero attached hydrogens (tertiary/aromatic N) is 5. The lowest BCUT2D eigenvalue weighted by atomic mass is 9.93. The Hall–Kier alpha value is -4.03. The maximum atomic E-state index is 12.5. The highest BCUT2D eigenvalue weighted by Crippen LogP contribution is 2.35. The second kappa shape index (κ2) is 14.6. The molecule has 0 aliphatic carbocycles. The Morgan fingerprint density at radius 2 is 1.70 bits per heavy atom. The Bertz CT molecular complexity index is 1620. The third-order valence-electron chi connectivity index (χ3n) is 8.04. The van der Waals surface area contributed by atoms with Gasteiger partial charge in [-0.3, -0.25) is 5.32 Å². The van der Waals surface area contributed by atoms with Crippen molar-refractivity contribution in [2.75, 3.05) is 31.0 Å². The summed E-state index contributed by atoms with van der Waals surface area (Å²) in [6.07, 6.45) is -2.11. The van der Waals surface area contributed by atoms with E-state index >= 15 is 0 Å². The van der Waals surface area contributed by atoms with E-state index in [0.29, 0.717) is 24.1 Å². The number of benzene rings is 3. The number of rotatable bonds is 11. The molecule has 1 aromatic heterocycles. The quantitative estimate of drug-likeness (QED) is 0.176. The second-order valence-corrected chi connectivity index (χ2v) is 12.6. The fourth-order valence-corrected chi connectivity index (χ4v) is 6.22. The van der Waals surface area contributed by atoms with Gasteiger partial charge in [-0.2, -0.15) is 0 Å². The van der Waals surface area contributed by atoms with Crippen LogP contribution in [0.3, 0.4) is 0 Å². The van der Waals surface area contributed by atoms with Crippen molar-refractivity contribution in [2.24, 2.45) is 4.99 Å². The summed E-state index contributed by atoms with van der Waals surface area (Å²) in [6, 6.07) is 20.1. The third-order valence-corrected chi connectivity index (χ3v) is 9.14. The number of amidine groups is 1. The molecule has 12 heteroatoms. The summed E-state index contributed by atoms with van der Waals surface area (Å²) < 4.78 is 48.4. The number of hydrogen-bond acceptors (Lipinski definition) is 7. The average molecular weight is 653 g/mol. The van der Waals surface area contributed by atoms with Crippen LogP contribution < -0.4 is 19.7 Å². The molecule has 2 unspecified atom stereocenters. The van der Waals surface area contributed by atoms with Crippen molar-refractivity contribution >= 4 is 22.6 Å². The molecule has 0 radical (unpaired) electrons. The summed E-state index contributed by atoms with van der Waals surface area (Å²) in [4.78, 5) is 11.7. The number of aliphatic imine (C=N–C) groups is 1. The molecule has 1 N–H and O–H groups in total. The number of hydrogen-bond donors (Lipinski definition) is 1. The van der Waals surface area contributed by atoms with Crippen LogP contribution in [0.2, 0.25) is 0 Å². The molecular weight excluding hydrogens is 613 g/mol. The Morgan fingerprint density at radius 1 is 0.978 bits per heavy atom. The van der Waals surface area contributed by atoms with E-state index in [1.807, 2.05) is 18.2 Å². The van der Waals surface area contributed by atoms with Gasteiger partial charge in [0.1, 0.15) is 17.8 Å². The number of ether oxygens (including phenoxy) is 2. The normalized spacial score (nSPS) is 16.1.